The van der Waals surface area contributed by atoms with Crippen molar-refractivity contribution < 1.29 is 22.4 Å². The van der Waals surface area contributed by atoms with Crippen LogP contribution in [0.4, 0.5) is 5.82 Å². The maximum atomic E-state index is 12.5. The molecule has 0 saturated heterocycles. The zero-order valence-electron chi connectivity index (χ0n) is 15.7. The molecule has 0 bridgehead atoms. The number of benzene rings is 1. The molecule has 10 heteroatoms. The second-order valence-corrected chi connectivity index (χ2v) is 7.54. The van der Waals surface area contributed by atoms with Gasteiger partial charge in [-0.3, -0.25) is 4.72 Å². The summed E-state index contributed by atoms with van der Waals surface area (Å²) < 4.78 is 43.3. The lowest BCUT2D eigenvalue weighted by Crippen LogP contribution is -2.14. The quantitative estimate of drug-likeness (QED) is 0.609. The standard InChI is InChI=1S/C18H20N4O5S/c1-4-25-18-10-9-17(19-20-18)22-28(23,24)15-7-5-14(6-8-15)26-11-16-12(2)21-27-13(16)3/h5-10H,4,11H2,1-3H3,(H,19,22). The maximum absolute atomic E-state index is 12.5. The molecule has 0 aliphatic rings. The Labute approximate surface area is 162 Å². The van der Waals surface area contributed by atoms with E-state index in [1.54, 1.807) is 18.2 Å². The molecule has 0 radical (unpaired) electrons. The zero-order valence-corrected chi connectivity index (χ0v) is 16.5. The highest BCUT2D eigenvalue weighted by molar-refractivity contribution is 7.92. The van der Waals surface area contributed by atoms with Crippen LogP contribution in [0.15, 0.2) is 45.8 Å². The summed E-state index contributed by atoms with van der Waals surface area (Å²) >= 11 is 0. The third-order valence-electron chi connectivity index (χ3n) is 3.87. The van der Waals surface area contributed by atoms with Gasteiger partial charge in [-0.1, -0.05) is 5.16 Å². The maximum Gasteiger partial charge on any atom is 0.263 e. The van der Waals surface area contributed by atoms with Crippen LogP contribution >= 0.6 is 0 Å². The first kappa shape index (κ1) is 19.6. The topological polar surface area (TPSA) is 116 Å². The van der Waals surface area contributed by atoms with Gasteiger partial charge in [-0.05, 0) is 51.1 Å². The fourth-order valence-corrected chi connectivity index (χ4v) is 3.37. The largest absolute Gasteiger partial charge is 0.489 e. The van der Waals surface area contributed by atoms with E-state index in [9.17, 15) is 8.42 Å². The lowest BCUT2D eigenvalue weighted by atomic mass is 10.2. The van der Waals surface area contributed by atoms with E-state index >= 15 is 0 Å². The van der Waals surface area contributed by atoms with Crippen molar-refractivity contribution in [2.45, 2.75) is 32.3 Å². The van der Waals surface area contributed by atoms with Crippen LogP contribution < -0.4 is 14.2 Å². The summed E-state index contributed by atoms with van der Waals surface area (Å²) in [5.74, 6) is 1.64. The van der Waals surface area contributed by atoms with Gasteiger partial charge in [-0.2, -0.15) is 0 Å². The summed E-state index contributed by atoms with van der Waals surface area (Å²) in [5.41, 5.74) is 1.63. The molecule has 0 unspecified atom stereocenters. The number of hydrogen-bond donors (Lipinski definition) is 1. The van der Waals surface area contributed by atoms with Gasteiger partial charge in [0.05, 0.1) is 22.8 Å². The van der Waals surface area contributed by atoms with E-state index in [0.717, 1.165) is 11.3 Å². The molecule has 0 aliphatic carbocycles. The normalized spacial score (nSPS) is 11.2. The highest BCUT2D eigenvalue weighted by Gasteiger charge is 2.16. The van der Waals surface area contributed by atoms with Crippen LogP contribution in [0.3, 0.4) is 0 Å². The van der Waals surface area contributed by atoms with Crippen molar-refractivity contribution in [1.82, 2.24) is 15.4 Å². The van der Waals surface area contributed by atoms with Crippen molar-refractivity contribution >= 4 is 15.8 Å². The molecule has 0 saturated carbocycles. The first-order valence-electron chi connectivity index (χ1n) is 8.53. The molecule has 28 heavy (non-hydrogen) atoms. The van der Waals surface area contributed by atoms with E-state index in [-0.39, 0.29) is 17.3 Å². The Bertz CT molecular complexity index is 1010. The Balaban J connectivity index is 1.66. The minimum absolute atomic E-state index is 0.0767. The molecule has 0 amide bonds. The fourth-order valence-electron chi connectivity index (χ4n) is 2.37. The first-order valence-corrected chi connectivity index (χ1v) is 10.0. The van der Waals surface area contributed by atoms with Crippen LogP contribution in [0, 0.1) is 13.8 Å². The van der Waals surface area contributed by atoms with Crippen molar-refractivity contribution in [3.63, 3.8) is 0 Å². The Kier molecular flexibility index (Phi) is 5.78. The second-order valence-electron chi connectivity index (χ2n) is 5.86. The van der Waals surface area contributed by atoms with Crippen molar-refractivity contribution in [2.75, 3.05) is 11.3 Å². The molecule has 2 aromatic heterocycles. The molecular formula is C18H20N4O5S. The molecule has 0 aliphatic heterocycles. The highest BCUT2D eigenvalue weighted by atomic mass is 32.2. The average Bonchev–Trinajstić information content (AvgIpc) is 3.00. The van der Waals surface area contributed by atoms with Gasteiger partial charge in [0.1, 0.15) is 18.1 Å². The molecule has 2 heterocycles. The molecule has 1 aromatic carbocycles. The van der Waals surface area contributed by atoms with E-state index in [1.807, 2.05) is 20.8 Å². The molecule has 0 atom stereocenters. The number of aromatic nitrogens is 3. The number of anilines is 1. The Morgan fingerprint density at radius 2 is 1.79 bits per heavy atom. The van der Waals surface area contributed by atoms with Crippen LogP contribution in [-0.2, 0) is 16.6 Å². The van der Waals surface area contributed by atoms with Gasteiger partial charge in [0.15, 0.2) is 5.82 Å². The fraction of sp³-hybridized carbons (Fsp3) is 0.278. The Hall–Kier alpha value is -3.14. The number of rotatable bonds is 8. The average molecular weight is 404 g/mol. The van der Waals surface area contributed by atoms with E-state index < -0.39 is 10.0 Å². The lowest BCUT2D eigenvalue weighted by Gasteiger charge is -2.09. The Morgan fingerprint density at radius 3 is 2.36 bits per heavy atom. The molecule has 0 fully saturated rings. The molecule has 3 aromatic rings. The third-order valence-corrected chi connectivity index (χ3v) is 5.24. The number of nitrogens with zero attached hydrogens (tertiary/aromatic N) is 3. The number of ether oxygens (including phenoxy) is 2. The monoisotopic (exact) mass is 404 g/mol. The third kappa shape index (κ3) is 4.58. The first-order chi connectivity index (χ1) is 13.4. The van der Waals surface area contributed by atoms with Crippen LogP contribution in [0.1, 0.15) is 23.9 Å². The molecule has 9 nitrogen and oxygen atoms in total. The van der Waals surface area contributed by atoms with Crippen LogP contribution in [0.2, 0.25) is 0 Å². The van der Waals surface area contributed by atoms with Gasteiger partial charge >= 0.3 is 0 Å². The van der Waals surface area contributed by atoms with Gasteiger partial charge in [0, 0.05) is 6.07 Å². The number of nitrogens with one attached hydrogen (secondary N) is 1. The number of hydrogen-bond acceptors (Lipinski definition) is 8. The predicted octanol–water partition coefficient (Wildman–Crippen LogP) is 2.86. The van der Waals surface area contributed by atoms with E-state index in [1.165, 1.54) is 18.2 Å². The summed E-state index contributed by atoms with van der Waals surface area (Å²) in [7, 11) is -3.80. The van der Waals surface area contributed by atoms with Gasteiger partial charge in [-0.15, -0.1) is 10.2 Å². The zero-order chi connectivity index (χ0) is 20.1. The van der Waals surface area contributed by atoms with E-state index in [4.69, 9.17) is 14.0 Å². The molecule has 148 valence electrons. The molecule has 3 rings (SSSR count). The summed E-state index contributed by atoms with van der Waals surface area (Å²) in [4.78, 5) is 0.0767. The van der Waals surface area contributed by atoms with Crippen molar-refractivity contribution in [3.8, 4) is 11.6 Å². The lowest BCUT2D eigenvalue weighted by molar-refractivity contribution is 0.301. The van der Waals surface area contributed by atoms with Gasteiger partial charge in [0.2, 0.25) is 5.88 Å². The van der Waals surface area contributed by atoms with Crippen molar-refractivity contribution in [1.29, 1.82) is 0 Å². The summed E-state index contributed by atoms with van der Waals surface area (Å²) in [5, 5.41) is 11.5. The molecule has 1 N–H and O–H groups in total. The highest BCUT2D eigenvalue weighted by Crippen LogP contribution is 2.21. The Morgan fingerprint density at radius 1 is 1.04 bits per heavy atom. The SMILES string of the molecule is CCOc1ccc(NS(=O)(=O)c2ccc(OCc3c(C)noc3C)cc2)nn1. The van der Waals surface area contributed by atoms with Crippen molar-refractivity contribution in [2.24, 2.45) is 0 Å². The summed E-state index contributed by atoms with van der Waals surface area (Å²) in [6.07, 6.45) is 0. The second kappa shape index (κ2) is 8.26. The van der Waals surface area contributed by atoms with E-state index in [2.05, 4.69) is 20.1 Å². The van der Waals surface area contributed by atoms with Crippen LogP contribution in [0.25, 0.3) is 0 Å². The van der Waals surface area contributed by atoms with Crippen LogP contribution in [0.5, 0.6) is 11.6 Å². The van der Waals surface area contributed by atoms with Gasteiger partial charge in [0.25, 0.3) is 10.0 Å². The summed E-state index contributed by atoms with van der Waals surface area (Å²) in [6.45, 7) is 6.20. The predicted molar refractivity (Wildman–Crippen MR) is 101 cm³/mol. The van der Waals surface area contributed by atoms with Gasteiger partial charge in [-0.25, -0.2) is 8.42 Å². The molecule has 0 spiro atoms. The molecular weight excluding hydrogens is 384 g/mol. The number of sulfonamides is 1. The summed E-state index contributed by atoms with van der Waals surface area (Å²) in [6, 6.07) is 9.09. The smallest absolute Gasteiger partial charge is 0.263 e. The minimum atomic E-state index is -3.80. The van der Waals surface area contributed by atoms with E-state index in [0.29, 0.717) is 24.0 Å². The van der Waals surface area contributed by atoms with Crippen LogP contribution in [-0.4, -0.2) is 30.4 Å². The van der Waals surface area contributed by atoms with Crippen molar-refractivity contribution in [3.05, 3.63) is 53.4 Å². The van der Waals surface area contributed by atoms with Gasteiger partial charge < -0.3 is 14.0 Å². The number of aryl methyl sites for hydroxylation is 2. The minimum Gasteiger partial charge on any atom is -0.489 e.